The van der Waals surface area contributed by atoms with E-state index in [1.807, 2.05) is 0 Å². The molecule has 54 valence electrons. The maximum atomic E-state index is 5.79. The van der Waals surface area contributed by atoms with Crippen LogP contribution in [0.2, 0.25) is 5.15 Å². The van der Waals surface area contributed by atoms with E-state index in [2.05, 4.69) is 5.10 Å². The fourth-order valence-corrected chi connectivity index (χ4v) is 1.17. The van der Waals surface area contributed by atoms with Gasteiger partial charge in [-0.15, -0.1) is 0 Å². The van der Waals surface area contributed by atoms with Crippen molar-refractivity contribution < 1.29 is 4.74 Å². The Labute approximate surface area is 63.5 Å². The number of halogens is 1. The summed E-state index contributed by atoms with van der Waals surface area (Å²) in [6.07, 6.45) is 1.70. The lowest BCUT2D eigenvalue weighted by molar-refractivity contribution is -0.0285. The molecule has 0 amide bonds. The second-order valence-corrected chi connectivity index (χ2v) is 2.68. The van der Waals surface area contributed by atoms with Crippen LogP contribution in [0.15, 0.2) is 12.3 Å². The third kappa shape index (κ3) is 0.822. The molecule has 1 fully saturated rings. The molecule has 1 aromatic heterocycles. The molecule has 1 saturated heterocycles. The van der Waals surface area contributed by atoms with Gasteiger partial charge in [0.05, 0.1) is 19.4 Å². The molecule has 0 atom stereocenters. The van der Waals surface area contributed by atoms with Gasteiger partial charge in [0.25, 0.3) is 0 Å². The highest BCUT2D eigenvalue weighted by Crippen LogP contribution is 2.20. The van der Waals surface area contributed by atoms with E-state index in [9.17, 15) is 0 Å². The van der Waals surface area contributed by atoms with Crippen molar-refractivity contribution in [1.82, 2.24) is 9.78 Å². The highest BCUT2D eigenvalue weighted by molar-refractivity contribution is 6.29. The molecule has 0 radical (unpaired) electrons. The second-order valence-electron chi connectivity index (χ2n) is 2.29. The number of hydrogen-bond donors (Lipinski definition) is 0. The van der Waals surface area contributed by atoms with Gasteiger partial charge in [0.2, 0.25) is 0 Å². The topological polar surface area (TPSA) is 27.1 Å². The Morgan fingerprint density at radius 2 is 2.50 bits per heavy atom. The number of rotatable bonds is 1. The van der Waals surface area contributed by atoms with Gasteiger partial charge in [-0.2, -0.15) is 5.10 Å². The lowest BCUT2D eigenvalue weighted by atomic mass is 10.3. The normalized spacial score (nSPS) is 18.9. The molecule has 10 heavy (non-hydrogen) atoms. The zero-order valence-electron chi connectivity index (χ0n) is 5.33. The fourth-order valence-electron chi connectivity index (χ4n) is 0.931. The van der Waals surface area contributed by atoms with E-state index in [-0.39, 0.29) is 0 Å². The Balaban J connectivity index is 2.23. The Morgan fingerprint density at radius 3 is 2.90 bits per heavy atom. The molecular formula is C6H7ClN2O. The van der Waals surface area contributed by atoms with Gasteiger partial charge < -0.3 is 4.74 Å². The maximum Gasteiger partial charge on any atom is 0.127 e. The molecule has 0 aliphatic carbocycles. The summed E-state index contributed by atoms with van der Waals surface area (Å²) in [6, 6.07) is 2.14. The van der Waals surface area contributed by atoms with Crippen molar-refractivity contribution in [3.8, 4) is 0 Å². The van der Waals surface area contributed by atoms with Gasteiger partial charge in [-0.25, -0.2) is 4.68 Å². The summed E-state index contributed by atoms with van der Waals surface area (Å²) in [5, 5.41) is 4.73. The summed E-state index contributed by atoms with van der Waals surface area (Å²) >= 11 is 5.79. The molecule has 1 aliphatic rings. The molecule has 0 unspecified atom stereocenters. The zero-order chi connectivity index (χ0) is 6.97. The predicted molar refractivity (Wildman–Crippen MR) is 37.1 cm³/mol. The minimum atomic E-state index is 0.363. The number of ether oxygens (including phenoxy) is 1. The van der Waals surface area contributed by atoms with Gasteiger partial charge in [0.1, 0.15) is 11.2 Å². The molecular weight excluding hydrogens is 152 g/mol. The molecule has 0 N–H and O–H groups in total. The predicted octanol–water partition coefficient (Wildman–Crippen LogP) is 1.11. The van der Waals surface area contributed by atoms with Crippen LogP contribution < -0.4 is 0 Å². The van der Waals surface area contributed by atoms with Gasteiger partial charge >= 0.3 is 0 Å². The van der Waals surface area contributed by atoms with Gasteiger partial charge in [-0.05, 0) is 6.07 Å². The lowest BCUT2D eigenvalue weighted by Crippen LogP contribution is -2.31. The summed E-state index contributed by atoms with van der Waals surface area (Å²) in [5.41, 5.74) is 0. The molecule has 0 saturated carbocycles. The van der Waals surface area contributed by atoms with Crippen LogP contribution in [0.4, 0.5) is 0 Å². The van der Waals surface area contributed by atoms with Gasteiger partial charge in [-0.1, -0.05) is 11.6 Å². The van der Waals surface area contributed by atoms with Crippen molar-refractivity contribution in [1.29, 1.82) is 0 Å². The van der Waals surface area contributed by atoms with E-state index < -0.39 is 0 Å². The first-order chi connectivity index (χ1) is 4.88. The zero-order valence-corrected chi connectivity index (χ0v) is 6.08. The van der Waals surface area contributed by atoms with Crippen molar-refractivity contribution in [2.45, 2.75) is 6.04 Å². The summed E-state index contributed by atoms with van der Waals surface area (Å²) < 4.78 is 6.78. The average molecular weight is 159 g/mol. The summed E-state index contributed by atoms with van der Waals surface area (Å²) in [6.45, 7) is 1.48. The highest BCUT2D eigenvalue weighted by Gasteiger charge is 2.22. The molecule has 1 aliphatic heterocycles. The van der Waals surface area contributed by atoms with Crippen LogP contribution in [0.3, 0.4) is 0 Å². The van der Waals surface area contributed by atoms with Crippen LogP contribution in [-0.2, 0) is 4.74 Å². The van der Waals surface area contributed by atoms with Crippen LogP contribution in [0.5, 0.6) is 0 Å². The first-order valence-corrected chi connectivity index (χ1v) is 3.52. The minimum absolute atomic E-state index is 0.363. The van der Waals surface area contributed by atoms with Crippen molar-refractivity contribution in [3.05, 3.63) is 17.4 Å². The quantitative estimate of drug-likeness (QED) is 0.612. The van der Waals surface area contributed by atoms with E-state index in [0.717, 1.165) is 13.2 Å². The van der Waals surface area contributed by atoms with Crippen LogP contribution in [0, 0.1) is 0 Å². The smallest absolute Gasteiger partial charge is 0.127 e. The van der Waals surface area contributed by atoms with E-state index >= 15 is 0 Å². The van der Waals surface area contributed by atoms with Crippen molar-refractivity contribution >= 4 is 11.6 Å². The highest BCUT2D eigenvalue weighted by atomic mass is 35.5. The third-order valence-corrected chi connectivity index (χ3v) is 1.89. The van der Waals surface area contributed by atoms with Crippen LogP contribution in [0.1, 0.15) is 6.04 Å². The van der Waals surface area contributed by atoms with E-state index in [4.69, 9.17) is 16.3 Å². The molecule has 3 nitrogen and oxygen atoms in total. The molecule has 2 heterocycles. The summed E-state index contributed by atoms with van der Waals surface area (Å²) in [5.74, 6) is 0. The largest absolute Gasteiger partial charge is 0.377 e. The molecule has 2 rings (SSSR count). The van der Waals surface area contributed by atoms with E-state index in [0.29, 0.717) is 11.2 Å². The standard InChI is InChI=1S/C6H7ClN2O/c7-6-1-2-8-9(6)5-3-10-4-5/h1-2,5H,3-4H2. The van der Waals surface area contributed by atoms with Crippen LogP contribution in [-0.4, -0.2) is 23.0 Å². The van der Waals surface area contributed by atoms with Crippen LogP contribution in [0.25, 0.3) is 0 Å². The molecule has 1 aromatic rings. The van der Waals surface area contributed by atoms with E-state index in [1.165, 1.54) is 0 Å². The Hall–Kier alpha value is -0.540. The second kappa shape index (κ2) is 2.25. The Morgan fingerprint density at radius 1 is 1.70 bits per heavy atom. The first kappa shape index (κ1) is 6.19. The van der Waals surface area contributed by atoms with E-state index in [1.54, 1.807) is 16.9 Å². The number of aromatic nitrogens is 2. The Kier molecular flexibility index (Phi) is 1.39. The minimum Gasteiger partial charge on any atom is -0.377 e. The fraction of sp³-hybridized carbons (Fsp3) is 0.500. The molecule has 0 bridgehead atoms. The number of hydrogen-bond acceptors (Lipinski definition) is 2. The van der Waals surface area contributed by atoms with Crippen LogP contribution >= 0.6 is 11.6 Å². The third-order valence-electron chi connectivity index (χ3n) is 1.59. The maximum absolute atomic E-state index is 5.79. The Bertz CT molecular complexity index is 231. The van der Waals surface area contributed by atoms with Gasteiger partial charge in [0.15, 0.2) is 0 Å². The first-order valence-electron chi connectivity index (χ1n) is 3.14. The van der Waals surface area contributed by atoms with Crippen molar-refractivity contribution in [2.75, 3.05) is 13.2 Å². The van der Waals surface area contributed by atoms with Crippen molar-refractivity contribution in [2.24, 2.45) is 0 Å². The van der Waals surface area contributed by atoms with Gasteiger partial charge in [0, 0.05) is 0 Å². The number of nitrogens with zero attached hydrogens (tertiary/aromatic N) is 2. The summed E-state index contributed by atoms with van der Waals surface area (Å²) in [4.78, 5) is 0. The monoisotopic (exact) mass is 158 g/mol. The molecule has 0 spiro atoms. The summed E-state index contributed by atoms with van der Waals surface area (Å²) in [7, 11) is 0. The molecule has 4 heteroatoms. The lowest BCUT2D eigenvalue weighted by Gasteiger charge is -2.26. The average Bonchev–Trinajstić information content (AvgIpc) is 2.12. The van der Waals surface area contributed by atoms with Gasteiger partial charge in [-0.3, -0.25) is 0 Å². The van der Waals surface area contributed by atoms with Crippen molar-refractivity contribution in [3.63, 3.8) is 0 Å². The SMILES string of the molecule is Clc1ccnn1C1COC1. The molecule has 0 aromatic carbocycles.